The number of benzene rings is 2. The van der Waals surface area contributed by atoms with E-state index >= 15 is 0 Å². The zero-order chi connectivity index (χ0) is 21.1. The first-order valence-electron chi connectivity index (χ1n) is 10.3. The molecule has 0 spiro atoms. The first kappa shape index (κ1) is 20.4. The largest absolute Gasteiger partial charge is 0.497 e. The highest BCUT2D eigenvalue weighted by Crippen LogP contribution is 2.25. The average Bonchev–Trinajstić information content (AvgIpc) is 3.29. The predicted molar refractivity (Wildman–Crippen MR) is 116 cm³/mol. The molecule has 158 valence electrons. The highest BCUT2D eigenvalue weighted by atomic mass is 16.5. The number of rotatable bonds is 5. The van der Waals surface area contributed by atoms with E-state index in [4.69, 9.17) is 4.74 Å². The summed E-state index contributed by atoms with van der Waals surface area (Å²) in [5, 5.41) is 0. The van der Waals surface area contributed by atoms with E-state index in [-0.39, 0.29) is 23.8 Å². The van der Waals surface area contributed by atoms with Gasteiger partial charge in [-0.1, -0.05) is 12.1 Å². The van der Waals surface area contributed by atoms with Crippen LogP contribution in [0.15, 0.2) is 48.5 Å². The zero-order valence-corrected chi connectivity index (χ0v) is 17.4. The van der Waals surface area contributed by atoms with Gasteiger partial charge in [-0.3, -0.25) is 9.59 Å². The van der Waals surface area contributed by atoms with Gasteiger partial charge < -0.3 is 14.5 Å². The summed E-state index contributed by atoms with van der Waals surface area (Å²) in [6.07, 6.45) is 0.720. The number of nitrogens with one attached hydrogen (secondary N) is 2. The number of piperazine rings is 1. The van der Waals surface area contributed by atoms with Gasteiger partial charge in [-0.25, -0.2) is 10.9 Å². The Labute approximate surface area is 177 Å². The summed E-state index contributed by atoms with van der Waals surface area (Å²) in [4.78, 5) is 28.6. The normalized spacial score (nSPS) is 21.5. The van der Waals surface area contributed by atoms with Crippen molar-refractivity contribution in [3.05, 3.63) is 59.7 Å². The van der Waals surface area contributed by atoms with Gasteiger partial charge in [0.15, 0.2) is 5.78 Å². The molecule has 7 nitrogen and oxygen atoms in total. The number of ketones is 1. The van der Waals surface area contributed by atoms with E-state index in [0.29, 0.717) is 13.1 Å². The molecule has 4 rings (SSSR count). The van der Waals surface area contributed by atoms with Crippen LogP contribution in [0.4, 0.5) is 5.69 Å². The fourth-order valence-corrected chi connectivity index (χ4v) is 4.09. The van der Waals surface area contributed by atoms with Crippen molar-refractivity contribution in [2.45, 2.75) is 25.4 Å². The molecule has 7 heteroatoms. The van der Waals surface area contributed by atoms with Crippen LogP contribution in [0.3, 0.4) is 0 Å². The smallest absolute Gasteiger partial charge is 0.241 e. The Morgan fingerprint density at radius 3 is 2.20 bits per heavy atom. The molecule has 2 heterocycles. The molecule has 0 saturated carbocycles. The molecular formula is C23H28N4O3. The minimum absolute atomic E-state index is 0.0718. The maximum absolute atomic E-state index is 13.0. The molecule has 2 aromatic rings. The molecule has 1 amide bonds. The van der Waals surface area contributed by atoms with Gasteiger partial charge in [-0.2, -0.15) is 0 Å². The van der Waals surface area contributed by atoms with Gasteiger partial charge in [0.1, 0.15) is 11.8 Å². The second-order valence-corrected chi connectivity index (χ2v) is 7.82. The fraction of sp³-hybridized carbons (Fsp3) is 0.391. The van der Waals surface area contributed by atoms with Crippen LogP contribution in [0.1, 0.15) is 35.3 Å². The second-order valence-electron chi connectivity index (χ2n) is 7.82. The van der Waals surface area contributed by atoms with Gasteiger partial charge in [0, 0.05) is 43.5 Å². The molecule has 30 heavy (non-hydrogen) atoms. The lowest BCUT2D eigenvalue weighted by Crippen LogP contribution is -2.53. The lowest BCUT2D eigenvalue weighted by molar-refractivity contribution is -0.133. The maximum atomic E-state index is 13.0. The number of anilines is 1. The Balaban J connectivity index is 1.30. The highest BCUT2D eigenvalue weighted by Gasteiger charge is 2.34. The number of hydrazine groups is 1. The van der Waals surface area contributed by atoms with Crippen molar-refractivity contribution in [1.82, 2.24) is 15.8 Å². The predicted octanol–water partition coefficient (Wildman–Crippen LogP) is 2.15. The van der Waals surface area contributed by atoms with Gasteiger partial charge in [0.05, 0.1) is 7.11 Å². The molecule has 2 saturated heterocycles. The number of carbonyl (C=O) groups excluding carboxylic acids is 2. The van der Waals surface area contributed by atoms with Crippen molar-refractivity contribution in [3.63, 3.8) is 0 Å². The number of nitrogens with zero attached hydrogens (tertiary/aromatic N) is 2. The number of amides is 1. The first-order valence-corrected chi connectivity index (χ1v) is 10.3. The van der Waals surface area contributed by atoms with Crippen LogP contribution >= 0.6 is 0 Å². The first-order chi connectivity index (χ1) is 14.5. The van der Waals surface area contributed by atoms with Gasteiger partial charge in [0.25, 0.3) is 0 Å². The van der Waals surface area contributed by atoms with Gasteiger partial charge in [0.2, 0.25) is 5.91 Å². The molecule has 2 aliphatic rings. The third-order valence-corrected chi connectivity index (χ3v) is 5.95. The van der Waals surface area contributed by atoms with E-state index in [0.717, 1.165) is 42.1 Å². The Morgan fingerprint density at radius 2 is 1.60 bits per heavy atom. The van der Waals surface area contributed by atoms with E-state index in [2.05, 4.69) is 15.8 Å². The molecule has 0 radical (unpaired) electrons. The lowest BCUT2D eigenvalue weighted by atomic mass is 10.0. The summed E-state index contributed by atoms with van der Waals surface area (Å²) in [6, 6.07) is 15.5. The molecule has 2 atom stereocenters. The van der Waals surface area contributed by atoms with Crippen LogP contribution in [0.25, 0.3) is 0 Å². The molecule has 2 N–H and O–H groups in total. The number of hydrogen-bond acceptors (Lipinski definition) is 6. The van der Waals surface area contributed by atoms with Crippen LogP contribution in [0.2, 0.25) is 0 Å². The van der Waals surface area contributed by atoms with E-state index in [1.54, 1.807) is 14.0 Å². The summed E-state index contributed by atoms with van der Waals surface area (Å²) < 4.78 is 5.21. The Morgan fingerprint density at radius 1 is 0.933 bits per heavy atom. The number of ether oxygens (including phenoxy) is 1. The third kappa shape index (κ3) is 4.32. The minimum Gasteiger partial charge on any atom is -0.497 e. The second kappa shape index (κ2) is 8.85. The Kier molecular flexibility index (Phi) is 6.01. The monoisotopic (exact) mass is 408 g/mol. The van der Waals surface area contributed by atoms with Gasteiger partial charge in [-0.05, 0) is 55.3 Å². The summed E-state index contributed by atoms with van der Waals surface area (Å²) >= 11 is 0. The molecule has 0 aromatic heterocycles. The number of Topliss-reactive ketones (excluding diaryl/α,β-unsaturated/α-hetero) is 1. The molecule has 0 bridgehead atoms. The Hall–Kier alpha value is -2.90. The highest BCUT2D eigenvalue weighted by molar-refractivity contribution is 5.94. The number of hydrogen-bond donors (Lipinski definition) is 2. The van der Waals surface area contributed by atoms with E-state index in [9.17, 15) is 9.59 Å². The standard InChI is InChI=1S/C23H28N4O3/c1-16(28)17-3-7-19(8-4-17)26-11-13-27(14-12-26)23(29)22-15-21(24-25-22)18-5-9-20(30-2)10-6-18/h3-10,21-22,24-25H,11-15H2,1-2H3. The van der Waals surface area contributed by atoms with Crippen molar-refractivity contribution >= 4 is 17.4 Å². The quantitative estimate of drug-likeness (QED) is 0.739. The molecule has 2 aromatic carbocycles. The maximum Gasteiger partial charge on any atom is 0.241 e. The van der Waals surface area contributed by atoms with Gasteiger partial charge >= 0.3 is 0 Å². The van der Waals surface area contributed by atoms with Crippen molar-refractivity contribution < 1.29 is 14.3 Å². The van der Waals surface area contributed by atoms with Gasteiger partial charge in [-0.15, -0.1) is 0 Å². The number of methoxy groups -OCH3 is 1. The van der Waals surface area contributed by atoms with Crippen LogP contribution in [0, 0.1) is 0 Å². The van der Waals surface area contributed by atoms with Crippen molar-refractivity contribution in [2.75, 3.05) is 38.2 Å². The van der Waals surface area contributed by atoms with Crippen molar-refractivity contribution in [2.24, 2.45) is 0 Å². The molecule has 2 fully saturated rings. The SMILES string of the molecule is COc1ccc(C2CC(C(=O)N3CCN(c4ccc(C(C)=O)cc4)CC3)NN2)cc1. The summed E-state index contributed by atoms with van der Waals surface area (Å²) in [5.41, 5.74) is 9.37. The fourth-order valence-electron chi connectivity index (χ4n) is 4.09. The molecular weight excluding hydrogens is 380 g/mol. The summed E-state index contributed by atoms with van der Waals surface area (Å²) in [5.74, 6) is 1.04. The van der Waals surface area contributed by atoms with Crippen molar-refractivity contribution in [1.29, 1.82) is 0 Å². The van der Waals surface area contributed by atoms with E-state index in [1.165, 1.54) is 0 Å². The van der Waals surface area contributed by atoms with Crippen molar-refractivity contribution in [3.8, 4) is 5.75 Å². The number of carbonyl (C=O) groups is 2. The van der Waals surface area contributed by atoms with Crippen LogP contribution in [-0.4, -0.2) is 55.9 Å². The van der Waals surface area contributed by atoms with Crippen LogP contribution in [-0.2, 0) is 4.79 Å². The molecule has 0 aliphatic carbocycles. The van der Waals surface area contributed by atoms with E-state index in [1.807, 2.05) is 53.4 Å². The summed E-state index contributed by atoms with van der Waals surface area (Å²) in [6.45, 7) is 4.53. The van der Waals surface area contributed by atoms with E-state index < -0.39 is 0 Å². The molecule has 2 aliphatic heterocycles. The third-order valence-electron chi connectivity index (χ3n) is 5.95. The topological polar surface area (TPSA) is 73.9 Å². The zero-order valence-electron chi connectivity index (χ0n) is 17.4. The van der Waals surface area contributed by atoms with Crippen LogP contribution < -0.4 is 20.5 Å². The van der Waals surface area contributed by atoms with Crippen LogP contribution in [0.5, 0.6) is 5.75 Å². The average molecular weight is 409 g/mol. The summed E-state index contributed by atoms with van der Waals surface area (Å²) in [7, 11) is 1.65. The molecule has 2 unspecified atom stereocenters. The minimum atomic E-state index is -0.224. The lowest BCUT2D eigenvalue weighted by Gasteiger charge is -2.37. The Bertz CT molecular complexity index is 890.